The van der Waals surface area contributed by atoms with Crippen LogP contribution in [0.3, 0.4) is 0 Å². The van der Waals surface area contributed by atoms with Crippen molar-refractivity contribution in [2.75, 3.05) is 13.2 Å². The number of rotatable bonds is 11. The molecule has 0 aliphatic heterocycles. The van der Waals surface area contributed by atoms with Crippen molar-refractivity contribution in [3.8, 4) is 34.5 Å². The summed E-state index contributed by atoms with van der Waals surface area (Å²) in [6.07, 6.45) is 0.750. The fourth-order valence-corrected chi connectivity index (χ4v) is 3.52. The fraction of sp³-hybridized carbons (Fsp3) is 0.161. The summed E-state index contributed by atoms with van der Waals surface area (Å²) in [6, 6.07) is 25.8. The number of benzene rings is 4. The summed E-state index contributed by atoms with van der Waals surface area (Å²) in [5.74, 6) is 0.623. The molecular formula is C31H28O8. The second kappa shape index (κ2) is 13.0. The molecule has 0 radical (unpaired) electrons. The van der Waals surface area contributed by atoms with Crippen LogP contribution in [0.4, 0.5) is 0 Å². The first-order valence-corrected chi connectivity index (χ1v) is 12.3. The van der Waals surface area contributed by atoms with Crippen molar-refractivity contribution in [1.82, 2.24) is 0 Å². The molecule has 0 bridgehead atoms. The van der Waals surface area contributed by atoms with E-state index in [-0.39, 0.29) is 28.5 Å². The zero-order valence-corrected chi connectivity index (χ0v) is 21.3. The number of para-hydroxylation sites is 2. The highest BCUT2D eigenvalue weighted by atomic mass is 16.5. The molecule has 8 nitrogen and oxygen atoms in total. The van der Waals surface area contributed by atoms with Gasteiger partial charge in [0.15, 0.2) is 0 Å². The Bertz CT molecular complexity index is 1400. The van der Waals surface area contributed by atoms with Gasteiger partial charge in [0.05, 0.1) is 13.2 Å². The lowest BCUT2D eigenvalue weighted by molar-refractivity contribution is 0.0721. The normalized spacial score (nSPS) is 11.3. The highest BCUT2D eigenvalue weighted by molar-refractivity contribution is 5.94. The molecule has 2 N–H and O–H groups in total. The molecule has 0 spiro atoms. The molecule has 1 atom stereocenters. The minimum atomic E-state index is -0.640. The lowest BCUT2D eigenvalue weighted by atomic mass is 10.1. The maximum Gasteiger partial charge on any atom is 0.347 e. The van der Waals surface area contributed by atoms with E-state index in [1.54, 1.807) is 72.8 Å². The number of aromatic hydroxyl groups is 2. The Hall–Kier alpha value is -4.98. The van der Waals surface area contributed by atoms with Crippen molar-refractivity contribution >= 4 is 11.9 Å². The van der Waals surface area contributed by atoms with Gasteiger partial charge >= 0.3 is 11.9 Å². The molecule has 4 aromatic rings. The summed E-state index contributed by atoms with van der Waals surface area (Å²) < 4.78 is 22.2. The van der Waals surface area contributed by atoms with Gasteiger partial charge < -0.3 is 29.2 Å². The standard InChI is InChI=1S/C31H28O8/c1-21(20-37-23-12-16-25(17-13-23)39-31(35)27-7-3-5-9-29(27)33)18-19-36-22-10-14-24(15-11-22)38-30(34)26-6-2-4-8-28(26)32/h2-17,21,32-33H,18-20H2,1H3. The number of carbonyl (C=O) groups is 2. The van der Waals surface area contributed by atoms with E-state index in [0.29, 0.717) is 36.2 Å². The zero-order chi connectivity index (χ0) is 27.6. The molecule has 4 aromatic carbocycles. The Balaban J connectivity index is 1.16. The largest absolute Gasteiger partial charge is 0.507 e. The summed E-state index contributed by atoms with van der Waals surface area (Å²) in [6.45, 7) is 3.00. The molecule has 0 amide bonds. The molecule has 39 heavy (non-hydrogen) atoms. The Labute approximate surface area is 226 Å². The molecular weight excluding hydrogens is 500 g/mol. The number of phenolic OH excluding ortho intramolecular Hbond substituents is 2. The summed E-state index contributed by atoms with van der Waals surface area (Å²) in [5, 5.41) is 19.6. The van der Waals surface area contributed by atoms with E-state index in [1.807, 2.05) is 6.92 Å². The summed E-state index contributed by atoms with van der Waals surface area (Å²) in [7, 11) is 0. The van der Waals surface area contributed by atoms with Gasteiger partial charge in [-0.2, -0.15) is 0 Å². The lowest BCUT2D eigenvalue weighted by Gasteiger charge is -2.14. The van der Waals surface area contributed by atoms with Crippen LogP contribution in [0.2, 0.25) is 0 Å². The van der Waals surface area contributed by atoms with E-state index >= 15 is 0 Å². The monoisotopic (exact) mass is 528 g/mol. The van der Waals surface area contributed by atoms with Crippen LogP contribution in [0.25, 0.3) is 0 Å². The predicted octanol–water partition coefficient (Wildman–Crippen LogP) is 6.02. The molecule has 8 heteroatoms. The van der Waals surface area contributed by atoms with Gasteiger partial charge in [0, 0.05) is 0 Å². The predicted molar refractivity (Wildman–Crippen MR) is 144 cm³/mol. The summed E-state index contributed by atoms with van der Waals surface area (Å²) in [5.41, 5.74) is 0.190. The van der Waals surface area contributed by atoms with Crippen LogP contribution in [0.1, 0.15) is 34.1 Å². The topological polar surface area (TPSA) is 112 Å². The molecule has 1 unspecified atom stereocenters. The minimum absolute atomic E-state index is 0.0949. The van der Waals surface area contributed by atoms with Crippen molar-refractivity contribution in [2.24, 2.45) is 5.92 Å². The van der Waals surface area contributed by atoms with E-state index in [4.69, 9.17) is 18.9 Å². The van der Waals surface area contributed by atoms with Crippen molar-refractivity contribution in [3.63, 3.8) is 0 Å². The van der Waals surface area contributed by atoms with Crippen LogP contribution >= 0.6 is 0 Å². The molecule has 0 saturated carbocycles. The summed E-state index contributed by atoms with van der Waals surface area (Å²) in [4.78, 5) is 24.4. The maximum absolute atomic E-state index is 12.2. The molecule has 0 aliphatic carbocycles. The first kappa shape index (κ1) is 27.1. The molecule has 0 aliphatic rings. The van der Waals surface area contributed by atoms with Gasteiger partial charge in [-0.25, -0.2) is 9.59 Å². The van der Waals surface area contributed by atoms with E-state index in [0.717, 1.165) is 6.42 Å². The van der Waals surface area contributed by atoms with Crippen molar-refractivity contribution in [3.05, 3.63) is 108 Å². The number of hydrogen-bond acceptors (Lipinski definition) is 8. The molecule has 4 rings (SSSR count). The first-order valence-electron chi connectivity index (χ1n) is 12.3. The van der Waals surface area contributed by atoms with Crippen LogP contribution in [-0.4, -0.2) is 35.4 Å². The van der Waals surface area contributed by atoms with Crippen molar-refractivity contribution in [1.29, 1.82) is 0 Å². The number of hydrogen-bond donors (Lipinski definition) is 2. The van der Waals surface area contributed by atoms with Crippen LogP contribution in [0.15, 0.2) is 97.1 Å². The van der Waals surface area contributed by atoms with Crippen molar-refractivity contribution in [2.45, 2.75) is 13.3 Å². The Morgan fingerprint density at radius 3 is 1.49 bits per heavy atom. The van der Waals surface area contributed by atoms with Crippen LogP contribution in [-0.2, 0) is 0 Å². The minimum Gasteiger partial charge on any atom is -0.507 e. The van der Waals surface area contributed by atoms with Gasteiger partial charge in [-0.05, 0) is 85.1 Å². The number of phenols is 2. The lowest BCUT2D eigenvalue weighted by Crippen LogP contribution is -2.12. The maximum atomic E-state index is 12.2. The van der Waals surface area contributed by atoms with E-state index in [1.165, 1.54) is 24.3 Å². The van der Waals surface area contributed by atoms with Crippen LogP contribution in [0.5, 0.6) is 34.5 Å². The van der Waals surface area contributed by atoms with Gasteiger partial charge in [-0.15, -0.1) is 0 Å². The fourth-order valence-electron chi connectivity index (χ4n) is 3.52. The van der Waals surface area contributed by atoms with Gasteiger partial charge in [-0.1, -0.05) is 31.2 Å². The van der Waals surface area contributed by atoms with E-state index in [2.05, 4.69) is 0 Å². The average Bonchev–Trinajstić information content (AvgIpc) is 2.94. The molecule has 0 heterocycles. The highest BCUT2D eigenvalue weighted by Crippen LogP contribution is 2.24. The zero-order valence-electron chi connectivity index (χ0n) is 21.3. The second-order valence-electron chi connectivity index (χ2n) is 8.81. The molecule has 0 saturated heterocycles. The van der Waals surface area contributed by atoms with Gasteiger partial charge in [0.25, 0.3) is 0 Å². The van der Waals surface area contributed by atoms with Gasteiger partial charge in [0.2, 0.25) is 0 Å². The Kier molecular flexibility index (Phi) is 9.03. The Morgan fingerprint density at radius 2 is 1.03 bits per heavy atom. The smallest absolute Gasteiger partial charge is 0.347 e. The number of ether oxygens (including phenoxy) is 4. The van der Waals surface area contributed by atoms with Crippen LogP contribution in [0, 0.1) is 5.92 Å². The van der Waals surface area contributed by atoms with E-state index in [9.17, 15) is 19.8 Å². The van der Waals surface area contributed by atoms with E-state index < -0.39 is 11.9 Å². The average molecular weight is 529 g/mol. The second-order valence-corrected chi connectivity index (χ2v) is 8.81. The SMILES string of the molecule is CC(CCOc1ccc(OC(=O)c2ccccc2O)cc1)COc1ccc(OC(=O)c2ccccc2O)cc1. The van der Waals surface area contributed by atoms with Gasteiger partial charge in [-0.3, -0.25) is 0 Å². The first-order chi connectivity index (χ1) is 18.9. The molecule has 200 valence electrons. The number of esters is 2. The molecule has 0 aromatic heterocycles. The summed E-state index contributed by atoms with van der Waals surface area (Å²) >= 11 is 0. The van der Waals surface area contributed by atoms with Gasteiger partial charge in [0.1, 0.15) is 45.6 Å². The molecule has 0 fully saturated rings. The van der Waals surface area contributed by atoms with Crippen LogP contribution < -0.4 is 18.9 Å². The third-order valence-corrected chi connectivity index (χ3v) is 5.73. The number of carbonyl (C=O) groups excluding carboxylic acids is 2. The highest BCUT2D eigenvalue weighted by Gasteiger charge is 2.14. The van der Waals surface area contributed by atoms with Crippen molar-refractivity contribution < 1.29 is 38.7 Å². The Morgan fingerprint density at radius 1 is 0.615 bits per heavy atom. The third-order valence-electron chi connectivity index (χ3n) is 5.73. The quantitative estimate of drug-likeness (QED) is 0.180. The third kappa shape index (κ3) is 7.75.